The molecule has 7 nitrogen and oxygen atoms in total. The van der Waals surface area contributed by atoms with Gasteiger partial charge in [0.2, 0.25) is 0 Å². The van der Waals surface area contributed by atoms with Crippen molar-refractivity contribution in [3.63, 3.8) is 0 Å². The first-order valence-electron chi connectivity index (χ1n) is 14.3. The van der Waals surface area contributed by atoms with Gasteiger partial charge in [-0.05, 0) is 61.1 Å². The summed E-state index contributed by atoms with van der Waals surface area (Å²) < 4.78 is 37.4. The Labute approximate surface area is 238 Å². The van der Waals surface area contributed by atoms with Gasteiger partial charge in [-0.1, -0.05) is 24.3 Å². The summed E-state index contributed by atoms with van der Waals surface area (Å²) in [6.07, 6.45) is 6.88. The Morgan fingerprint density at radius 1 is 1.07 bits per heavy atom. The molecule has 2 aromatic heterocycles. The second-order valence-electron chi connectivity index (χ2n) is 11.4. The molecular weight excluding hydrogens is 524 g/mol. The van der Waals surface area contributed by atoms with E-state index in [1.807, 2.05) is 55.2 Å². The first kappa shape index (κ1) is 27.5. The Balaban J connectivity index is 1.24. The molecule has 1 saturated carbocycles. The highest BCUT2D eigenvalue weighted by Crippen LogP contribution is 2.36. The van der Waals surface area contributed by atoms with Gasteiger partial charge in [-0.2, -0.15) is 10.2 Å². The van der Waals surface area contributed by atoms with E-state index in [0.717, 1.165) is 53.2 Å². The molecule has 6 rings (SSSR count). The number of para-hydroxylation sites is 1. The van der Waals surface area contributed by atoms with E-state index in [-0.39, 0.29) is 24.0 Å². The fraction of sp³-hybridized carbons (Fsp3) is 0.406. The zero-order valence-corrected chi connectivity index (χ0v) is 23.5. The minimum atomic E-state index is -0.858. The number of likely N-dealkylation sites (tertiary alicyclic amines) is 1. The molecule has 1 aliphatic carbocycles. The SMILES string of the molecule is Cc1c(-c2cnn(C)c2)nn(-c2ccccc2)c1CC(=O)C[C@@H]1CN(CCOC2CC2)C[C@H]1c1ccc(F)c(F)c1. The standard InChI is InChI=1S/C32H35F2N5O2/c1-21-31(39(25-6-4-3-5-7-25)36-32(21)24-17-35-37(2)18-24)16-26(40)14-23-19-38(12-13-41-27-9-10-27)20-28(23)22-8-11-29(33)30(34)15-22/h3-8,11,15,17-18,23,27-28H,9-10,12-14,16,19-20H2,1-2H3/t23-,28+/m1/s1. The van der Waals surface area contributed by atoms with E-state index < -0.39 is 11.6 Å². The molecule has 0 amide bonds. The number of benzene rings is 2. The number of hydrogen-bond acceptors (Lipinski definition) is 5. The molecule has 1 aliphatic heterocycles. The van der Waals surface area contributed by atoms with Crippen LogP contribution >= 0.6 is 0 Å². The van der Waals surface area contributed by atoms with Crippen LogP contribution in [0.25, 0.3) is 16.9 Å². The summed E-state index contributed by atoms with van der Waals surface area (Å²) in [4.78, 5) is 16.0. The Bertz CT molecular complexity index is 1530. The van der Waals surface area contributed by atoms with Crippen molar-refractivity contribution < 1.29 is 18.3 Å². The number of ether oxygens (including phenoxy) is 1. The van der Waals surface area contributed by atoms with Crippen LogP contribution in [-0.2, 0) is 23.0 Å². The number of Topliss-reactive ketones (excluding diaryl/α,β-unsaturated/α-hetero) is 1. The zero-order chi connectivity index (χ0) is 28.5. The Kier molecular flexibility index (Phi) is 7.81. The molecule has 0 unspecified atom stereocenters. The Morgan fingerprint density at radius 3 is 2.59 bits per heavy atom. The van der Waals surface area contributed by atoms with Crippen LogP contribution in [0.15, 0.2) is 60.9 Å². The topological polar surface area (TPSA) is 65.2 Å². The molecule has 0 N–H and O–H groups in total. The molecule has 9 heteroatoms. The van der Waals surface area contributed by atoms with Gasteiger partial charge in [0.1, 0.15) is 5.78 Å². The number of aromatic nitrogens is 4. The second-order valence-corrected chi connectivity index (χ2v) is 11.4. The highest BCUT2D eigenvalue weighted by Gasteiger charge is 2.36. The second kappa shape index (κ2) is 11.7. The van der Waals surface area contributed by atoms with E-state index in [9.17, 15) is 13.6 Å². The number of hydrogen-bond donors (Lipinski definition) is 0. The highest BCUT2D eigenvalue weighted by atomic mass is 19.2. The maximum absolute atomic E-state index is 14.2. The normalized spacial score (nSPS) is 19.2. The predicted octanol–water partition coefficient (Wildman–Crippen LogP) is 5.26. The molecule has 2 aromatic carbocycles. The van der Waals surface area contributed by atoms with Crippen molar-refractivity contribution in [1.29, 1.82) is 0 Å². The van der Waals surface area contributed by atoms with Crippen molar-refractivity contribution in [2.75, 3.05) is 26.2 Å². The monoisotopic (exact) mass is 559 g/mol. The van der Waals surface area contributed by atoms with Crippen molar-refractivity contribution in [3.8, 4) is 16.9 Å². The summed E-state index contributed by atoms with van der Waals surface area (Å²) in [5, 5.41) is 9.21. The lowest BCUT2D eigenvalue weighted by Crippen LogP contribution is -2.26. The molecule has 214 valence electrons. The van der Waals surface area contributed by atoms with Crippen LogP contribution in [0.5, 0.6) is 0 Å². The van der Waals surface area contributed by atoms with E-state index in [2.05, 4.69) is 10.00 Å². The molecule has 2 fully saturated rings. The maximum atomic E-state index is 14.2. The predicted molar refractivity (Wildman–Crippen MR) is 152 cm³/mol. The molecule has 41 heavy (non-hydrogen) atoms. The number of ketones is 1. The molecule has 0 spiro atoms. The van der Waals surface area contributed by atoms with E-state index in [4.69, 9.17) is 9.84 Å². The first-order chi connectivity index (χ1) is 19.9. The minimum absolute atomic E-state index is 0.0144. The van der Waals surface area contributed by atoms with Gasteiger partial charge in [0, 0.05) is 57.2 Å². The van der Waals surface area contributed by atoms with Crippen LogP contribution in [0, 0.1) is 24.5 Å². The van der Waals surface area contributed by atoms with Crippen LogP contribution in [0.3, 0.4) is 0 Å². The molecule has 0 radical (unpaired) electrons. The lowest BCUT2D eigenvalue weighted by atomic mass is 9.85. The maximum Gasteiger partial charge on any atom is 0.159 e. The van der Waals surface area contributed by atoms with Gasteiger partial charge in [-0.25, -0.2) is 13.5 Å². The number of rotatable bonds is 11. The smallest absolute Gasteiger partial charge is 0.159 e. The van der Waals surface area contributed by atoms with Gasteiger partial charge < -0.3 is 9.64 Å². The summed E-state index contributed by atoms with van der Waals surface area (Å²) in [5.74, 6) is -1.70. The first-order valence-corrected chi connectivity index (χ1v) is 14.3. The van der Waals surface area contributed by atoms with Crippen LogP contribution in [0.4, 0.5) is 8.78 Å². The summed E-state index contributed by atoms with van der Waals surface area (Å²) in [6, 6.07) is 13.9. The average Bonchev–Trinajstić information content (AvgIpc) is 3.41. The molecule has 1 saturated heterocycles. The number of carbonyl (C=O) groups excluding carboxylic acids is 1. The lowest BCUT2D eigenvalue weighted by Gasteiger charge is -2.19. The molecule has 4 aromatic rings. The van der Waals surface area contributed by atoms with E-state index >= 15 is 0 Å². The van der Waals surface area contributed by atoms with Gasteiger partial charge in [-0.15, -0.1) is 0 Å². The Morgan fingerprint density at radius 2 is 1.88 bits per heavy atom. The van der Waals surface area contributed by atoms with Gasteiger partial charge in [0.25, 0.3) is 0 Å². The van der Waals surface area contributed by atoms with Crippen molar-refractivity contribution in [2.24, 2.45) is 13.0 Å². The van der Waals surface area contributed by atoms with Crippen molar-refractivity contribution in [2.45, 2.75) is 44.6 Å². The summed E-state index contributed by atoms with van der Waals surface area (Å²) in [6.45, 7) is 4.79. The van der Waals surface area contributed by atoms with Crippen LogP contribution in [0.1, 0.15) is 42.0 Å². The van der Waals surface area contributed by atoms with Crippen LogP contribution in [0.2, 0.25) is 0 Å². The summed E-state index contributed by atoms with van der Waals surface area (Å²) in [7, 11) is 1.86. The molecule has 2 atom stereocenters. The molecule has 2 aliphatic rings. The van der Waals surface area contributed by atoms with E-state index in [1.54, 1.807) is 16.9 Å². The van der Waals surface area contributed by atoms with Crippen molar-refractivity contribution in [3.05, 3.63) is 89.4 Å². The van der Waals surface area contributed by atoms with Gasteiger partial charge in [0.15, 0.2) is 11.6 Å². The third kappa shape index (κ3) is 6.16. The fourth-order valence-electron chi connectivity index (χ4n) is 5.94. The minimum Gasteiger partial charge on any atom is -0.377 e. The van der Waals surface area contributed by atoms with Crippen LogP contribution < -0.4 is 0 Å². The number of aryl methyl sites for hydroxylation is 1. The third-order valence-electron chi connectivity index (χ3n) is 8.25. The number of halogens is 2. The summed E-state index contributed by atoms with van der Waals surface area (Å²) in [5.41, 5.74) is 5.10. The highest BCUT2D eigenvalue weighted by molar-refractivity contribution is 5.82. The molecule has 3 heterocycles. The van der Waals surface area contributed by atoms with Gasteiger partial charge in [0.05, 0.1) is 36.0 Å². The van der Waals surface area contributed by atoms with Crippen molar-refractivity contribution >= 4 is 5.78 Å². The quantitative estimate of drug-likeness (QED) is 0.251. The molecule has 0 bridgehead atoms. The zero-order valence-electron chi connectivity index (χ0n) is 23.5. The number of nitrogens with zero attached hydrogens (tertiary/aromatic N) is 5. The van der Waals surface area contributed by atoms with E-state index in [1.165, 1.54) is 12.1 Å². The average molecular weight is 560 g/mol. The number of carbonyl (C=O) groups is 1. The summed E-state index contributed by atoms with van der Waals surface area (Å²) >= 11 is 0. The third-order valence-corrected chi connectivity index (χ3v) is 8.25. The van der Waals surface area contributed by atoms with Crippen molar-refractivity contribution in [1.82, 2.24) is 24.5 Å². The fourth-order valence-corrected chi connectivity index (χ4v) is 5.94. The lowest BCUT2D eigenvalue weighted by molar-refractivity contribution is -0.119. The van der Waals surface area contributed by atoms with E-state index in [0.29, 0.717) is 32.2 Å². The Hall–Kier alpha value is -3.69. The van der Waals surface area contributed by atoms with Gasteiger partial charge >= 0.3 is 0 Å². The largest absolute Gasteiger partial charge is 0.377 e. The molecular formula is C32H35F2N5O2. The van der Waals surface area contributed by atoms with Gasteiger partial charge in [-0.3, -0.25) is 9.48 Å². The van der Waals surface area contributed by atoms with Crippen LogP contribution in [-0.4, -0.2) is 62.6 Å².